The number of rotatable bonds is 8. The molecule has 0 radical (unpaired) electrons. The molecule has 0 aliphatic rings. The molecule has 0 aliphatic carbocycles. The SMILES string of the molecule is Cc1ccc(S(=O)(=O)NCCCOC(C)c2ccccc2)cc1. The van der Waals surface area contributed by atoms with Crippen molar-refractivity contribution in [2.24, 2.45) is 0 Å². The van der Waals surface area contributed by atoms with Gasteiger partial charge >= 0.3 is 0 Å². The largest absolute Gasteiger partial charge is 0.374 e. The molecule has 0 bridgehead atoms. The van der Waals surface area contributed by atoms with E-state index < -0.39 is 10.0 Å². The van der Waals surface area contributed by atoms with Crippen molar-refractivity contribution in [3.63, 3.8) is 0 Å². The Morgan fingerprint density at radius 2 is 1.70 bits per heavy atom. The van der Waals surface area contributed by atoms with E-state index in [2.05, 4.69) is 4.72 Å². The number of hydrogen-bond acceptors (Lipinski definition) is 3. The van der Waals surface area contributed by atoms with Gasteiger partial charge in [-0.3, -0.25) is 0 Å². The second-order valence-electron chi connectivity index (χ2n) is 5.49. The fourth-order valence-corrected chi connectivity index (χ4v) is 3.23. The second kappa shape index (κ2) is 8.24. The maximum absolute atomic E-state index is 12.1. The van der Waals surface area contributed by atoms with Gasteiger partial charge in [0.15, 0.2) is 0 Å². The minimum absolute atomic E-state index is 0.00454. The van der Waals surface area contributed by atoms with Crippen LogP contribution in [-0.2, 0) is 14.8 Å². The Hall–Kier alpha value is -1.69. The first-order valence-electron chi connectivity index (χ1n) is 7.72. The van der Waals surface area contributed by atoms with Gasteiger partial charge in [-0.25, -0.2) is 13.1 Å². The Morgan fingerprint density at radius 1 is 1.04 bits per heavy atom. The van der Waals surface area contributed by atoms with Gasteiger partial charge in [0.2, 0.25) is 10.0 Å². The summed E-state index contributed by atoms with van der Waals surface area (Å²) >= 11 is 0. The van der Waals surface area contributed by atoms with Crippen LogP contribution < -0.4 is 4.72 Å². The molecule has 1 atom stereocenters. The third kappa shape index (κ3) is 5.46. The van der Waals surface area contributed by atoms with E-state index in [4.69, 9.17) is 4.74 Å². The maximum Gasteiger partial charge on any atom is 0.240 e. The molecular weight excluding hydrogens is 310 g/mol. The smallest absolute Gasteiger partial charge is 0.240 e. The van der Waals surface area contributed by atoms with Crippen molar-refractivity contribution in [3.8, 4) is 0 Å². The minimum Gasteiger partial charge on any atom is -0.374 e. The third-order valence-electron chi connectivity index (χ3n) is 3.58. The number of benzene rings is 2. The first-order valence-corrected chi connectivity index (χ1v) is 9.20. The van der Waals surface area contributed by atoms with Gasteiger partial charge in [0.05, 0.1) is 11.0 Å². The lowest BCUT2D eigenvalue weighted by Crippen LogP contribution is -2.25. The molecule has 5 heteroatoms. The van der Waals surface area contributed by atoms with E-state index in [9.17, 15) is 8.42 Å². The van der Waals surface area contributed by atoms with Gasteiger partial charge in [0.1, 0.15) is 0 Å². The third-order valence-corrected chi connectivity index (χ3v) is 5.06. The van der Waals surface area contributed by atoms with Crippen LogP contribution in [0.3, 0.4) is 0 Å². The normalized spacial score (nSPS) is 13.0. The molecule has 23 heavy (non-hydrogen) atoms. The van der Waals surface area contributed by atoms with Crippen LogP contribution in [-0.4, -0.2) is 21.6 Å². The van der Waals surface area contributed by atoms with E-state index in [-0.39, 0.29) is 6.10 Å². The van der Waals surface area contributed by atoms with Crippen LogP contribution in [0.5, 0.6) is 0 Å². The summed E-state index contributed by atoms with van der Waals surface area (Å²) in [6.45, 7) is 4.78. The number of hydrogen-bond donors (Lipinski definition) is 1. The lowest BCUT2D eigenvalue weighted by Gasteiger charge is -2.13. The topological polar surface area (TPSA) is 55.4 Å². The van der Waals surface area contributed by atoms with Crippen molar-refractivity contribution >= 4 is 10.0 Å². The van der Waals surface area contributed by atoms with Crippen LogP contribution in [0.15, 0.2) is 59.5 Å². The minimum atomic E-state index is -3.44. The Labute approximate surface area is 138 Å². The molecule has 124 valence electrons. The fraction of sp³-hybridized carbons (Fsp3) is 0.333. The maximum atomic E-state index is 12.1. The van der Waals surface area contributed by atoms with Gasteiger partial charge in [0.25, 0.3) is 0 Å². The number of ether oxygens (including phenoxy) is 1. The lowest BCUT2D eigenvalue weighted by atomic mass is 10.1. The Kier molecular flexibility index (Phi) is 6.33. The molecule has 0 amide bonds. The highest BCUT2D eigenvalue weighted by Crippen LogP contribution is 2.16. The number of nitrogens with one attached hydrogen (secondary N) is 1. The molecule has 1 N–H and O–H groups in total. The average molecular weight is 333 g/mol. The summed E-state index contributed by atoms with van der Waals surface area (Å²) in [6, 6.07) is 16.8. The second-order valence-corrected chi connectivity index (χ2v) is 7.26. The summed E-state index contributed by atoms with van der Waals surface area (Å²) in [5.74, 6) is 0. The predicted molar refractivity (Wildman–Crippen MR) is 91.8 cm³/mol. The van der Waals surface area contributed by atoms with Crippen molar-refractivity contribution in [2.45, 2.75) is 31.3 Å². The molecule has 2 rings (SSSR count). The van der Waals surface area contributed by atoms with E-state index >= 15 is 0 Å². The number of aryl methyl sites for hydroxylation is 1. The molecule has 4 nitrogen and oxygen atoms in total. The molecule has 0 spiro atoms. The van der Waals surface area contributed by atoms with E-state index in [1.54, 1.807) is 24.3 Å². The van der Waals surface area contributed by atoms with Crippen molar-refractivity contribution in [1.82, 2.24) is 4.72 Å². The van der Waals surface area contributed by atoms with Crippen molar-refractivity contribution in [1.29, 1.82) is 0 Å². The van der Waals surface area contributed by atoms with Gasteiger partial charge in [-0.2, -0.15) is 0 Å². The molecule has 1 unspecified atom stereocenters. The van der Waals surface area contributed by atoms with Gasteiger partial charge in [-0.15, -0.1) is 0 Å². The molecule has 0 aliphatic heterocycles. The van der Waals surface area contributed by atoms with E-state index in [1.807, 2.05) is 44.2 Å². The number of sulfonamides is 1. The van der Waals surface area contributed by atoms with Crippen LogP contribution in [0.4, 0.5) is 0 Å². The van der Waals surface area contributed by atoms with Crippen LogP contribution in [0.25, 0.3) is 0 Å². The Bertz CT molecular complexity index is 697. The molecule has 0 saturated heterocycles. The van der Waals surface area contributed by atoms with Gasteiger partial charge in [-0.05, 0) is 38.0 Å². The van der Waals surface area contributed by atoms with Crippen LogP contribution >= 0.6 is 0 Å². The molecule has 2 aromatic carbocycles. The summed E-state index contributed by atoms with van der Waals surface area (Å²) < 4.78 is 32.5. The monoisotopic (exact) mass is 333 g/mol. The summed E-state index contributed by atoms with van der Waals surface area (Å²) in [4.78, 5) is 0.293. The molecule has 0 aromatic heterocycles. The lowest BCUT2D eigenvalue weighted by molar-refractivity contribution is 0.0647. The van der Waals surface area contributed by atoms with E-state index in [0.717, 1.165) is 11.1 Å². The van der Waals surface area contributed by atoms with Gasteiger partial charge < -0.3 is 4.74 Å². The van der Waals surface area contributed by atoms with Crippen LogP contribution in [0.2, 0.25) is 0 Å². The summed E-state index contributed by atoms with van der Waals surface area (Å²) in [6.07, 6.45) is 0.632. The highest BCUT2D eigenvalue weighted by atomic mass is 32.2. The molecular formula is C18H23NO3S. The zero-order valence-electron chi connectivity index (χ0n) is 13.5. The molecule has 0 fully saturated rings. The summed E-state index contributed by atoms with van der Waals surface area (Å²) in [5.41, 5.74) is 2.15. The fourth-order valence-electron chi connectivity index (χ4n) is 2.16. The summed E-state index contributed by atoms with van der Waals surface area (Å²) in [5, 5.41) is 0. The van der Waals surface area contributed by atoms with E-state index in [0.29, 0.717) is 24.5 Å². The average Bonchev–Trinajstić information content (AvgIpc) is 2.55. The zero-order valence-corrected chi connectivity index (χ0v) is 14.3. The van der Waals surface area contributed by atoms with Gasteiger partial charge in [0, 0.05) is 13.2 Å². The molecule has 0 heterocycles. The Balaban J connectivity index is 1.74. The van der Waals surface area contributed by atoms with Crippen molar-refractivity contribution < 1.29 is 13.2 Å². The first-order chi connectivity index (χ1) is 11.0. The van der Waals surface area contributed by atoms with Crippen molar-refractivity contribution in [3.05, 3.63) is 65.7 Å². The standard InChI is InChI=1S/C18H23NO3S/c1-15-9-11-18(12-10-15)23(20,21)19-13-6-14-22-16(2)17-7-4-3-5-8-17/h3-5,7-12,16,19H,6,13-14H2,1-2H3. The summed E-state index contributed by atoms with van der Waals surface area (Å²) in [7, 11) is -3.44. The van der Waals surface area contributed by atoms with Gasteiger partial charge in [-0.1, -0.05) is 48.0 Å². The highest BCUT2D eigenvalue weighted by Gasteiger charge is 2.12. The zero-order chi connectivity index (χ0) is 16.7. The Morgan fingerprint density at radius 3 is 2.35 bits per heavy atom. The highest BCUT2D eigenvalue weighted by molar-refractivity contribution is 7.89. The van der Waals surface area contributed by atoms with Crippen molar-refractivity contribution in [2.75, 3.05) is 13.2 Å². The molecule has 0 saturated carbocycles. The first kappa shape index (κ1) is 17.7. The predicted octanol–water partition coefficient (Wildman–Crippen LogP) is 3.44. The van der Waals surface area contributed by atoms with Crippen LogP contribution in [0, 0.1) is 6.92 Å². The molecule has 2 aromatic rings. The van der Waals surface area contributed by atoms with E-state index in [1.165, 1.54) is 0 Å². The van der Waals surface area contributed by atoms with Crippen LogP contribution in [0.1, 0.15) is 30.6 Å². The quantitative estimate of drug-likeness (QED) is 0.753.